The Kier molecular flexibility index (Phi) is 5.55. The third-order valence-corrected chi connectivity index (χ3v) is 2.07. The molecule has 1 N–H and O–H groups in total. The van der Waals surface area contributed by atoms with E-state index in [-0.39, 0.29) is 11.4 Å². The van der Waals surface area contributed by atoms with Crippen LogP contribution in [0.5, 0.6) is 0 Å². The second kappa shape index (κ2) is 5.57. The molecule has 0 unspecified atom stereocenters. The largest absolute Gasteiger partial charge is 0.351 e. The maximum atomic E-state index is 11.2. The predicted molar refractivity (Wildman–Crippen MR) is 55.5 cm³/mol. The molecule has 0 aromatic rings. The summed E-state index contributed by atoms with van der Waals surface area (Å²) in [7, 11) is 0. The maximum absolute atomic E-state index is 11.2. The van der Waals surface area contributed by atoms with Gasteiger partial charge in [0.25, 0.3) is 0 Å². The Bertz CT molecular complexity index is 145. The second-order valence-corrected chi connectivity index (χ2v) is 4.41. The highest BCUT2D eigenvalue weighted by Crippen LogP contribution is 2.10. The third kappa shape index (κ3) is 5.58. The molecule has 12 heavy (non-hydrogen) atoms. The van der Waals surface area contributed by atoms with Crippen LogP contribution in [0.4, 0.5) is 0 Å². The molecule has 0 saturated heterocycles. The van der Waals surface area contributed by atoms with Gasteiger partial charge in [-0.05, 0) is 20.3 Å². The molecule has 0 bridgehead atoms. The van der Waals surface area contributed by atoms with E-state index in [0.717, 1.165) is 18.2 Å². The molecule has 0 heterocycles. The molecule has 3 heteroatoms. The van der Waals surface area contributed by atoms with Gasteiger partial charge < -0.3 is 5.32 Å². The number of amides is 1. The molecule has 0 atom stereocenters. The van der Waals surface area contributed by atoms with Gasteiger partial charge in [-0.25, -0.2) is 0 Å². The predicted octanol–water partition coefficient (Wildman–Crippen LogP) is 2.47. The molecule has 0 radical (unpaired) electrons. The number of carbonyl (C=O) groups excluding carboxylic acids is 1. The average molecular weight is 236 g/mol. The van der Waals surface area contributed by atoms with E-state index in [2.05, 4.69) is 42.0 Å². The van der Waals surface area contributed by atoms with Crippen LogP contribution in [-0.4, -0.2) is 16.8 Å². The fourth-order valence-corrected chi connectivity index (χ4v) is 1.57. The van der Waals surface area contributed by atoms with Crippen molar-refractivity contribution in [1.29, 1.82) is 0 Å². The van der Waals surface area contributed by atoms with E-state index in [1.54, 1.807) is 0 Å². The van der Waals surface area contributed by atoms with Crippen LogP contribution in [0, 0.1) is 0 Å². The first-order valence-electron chi connectivity index (χ1n) is 4.39. The molecule has 0 saturated carbocycles. The van der Waals surface area contributed by atoms with Gasteiger partial charge in [-0.3, -0.25) is 4.79 Å². The van der Waals surface area contributed by atoms with Gasteiger partial charge in [0.2, 0.25) is 5.91 Å². The van der Waals surface area contributed by atoms with Gasteiger partial charge >= 0.3 is 0 Å². The van der Waals surface area contributed by atoms with Crippen molar-refractivity contribution in [2.75, 3.05) is 5.33 Å². The lowest BCUT2D eigenvalue weighted by atomic mass is 9.99. The number of hydrogen-bond acceptors (Lipinski definition) is 1. The number of rotatable bonds is 5. The summed E-state index contributed by atoms with van der Waals surface area (Å²) in [5.41, 5.74) is -0.0476. The topological polar surface area (TPSA) is 29.1 Å². The third-order valence-electron chi connectivity index (χ3n) is 1.67. The van der Waals surface area contributed by atoms with Crippen LogP contribution in [0.1, 0.15) is 40.0 Å². The second-order valence-electron chi connectivity index (χ2n) is 3.62. The summed E-state index contributed by atoms with van der Waals surface area (Å²) in [5.74, 6) is 0.130. The highest BCUT2D eigenvalue weighted by atomic mass is 79.9. The van der Waals surface area contributed by atoms with Gasteiger partial charge in [-0.2, -0.15) is 0 Å². The summed E-state index contributed by atoms with van der Waals surface area (Å²) in [4.78, 5) is 11.2. The lowest BCUT2D eigenvalue weighted by molar-refractivity contribution is -0.122. The summed E-state index contributed by atoms with van der Waals surface area (Å²) in [6.45, 7) is 6.24. The summed E-state index contributed by atoms with van der Waals surface area (Å²) >= 11 is 3.24. The molecule has 0 fully saturated rings. The summed E-state index contributed by atoms with van der Waals surface area (Å²) in [5, 5.41) is 3.73. The average Bonchev–Trinajstić information content (AvgIpc) is 1.85. The van der Waals surface area contributed by atoms with Gasteiger partial charge in [-0.15, -0.1) is 0 Å². The van der Waals surface area contributed by atoms with Crippen molar-refractivity contribution in [2.45, 2.75) is 45.6 Å². The zero-order chi connectivity index (χ0) is 9.61. The Morgan fingerprint density at radius 3 is 2.50 bits per heavy atom. The van der Waals surface area contributed by atoms with Crippen molar-refractivity contribution in [3.8, 4) is 0 Å². The van der Waals surface area contributed by atoms with Crippen molar-refractivity contribution >= 4 is 21.8 Å². The normalized spacial score (nSPS) is 11.3. The van der Waals surface area contributed by atoms with E-state index >= 15 is 0 Å². The highest BCUT2D eigenvalue weighted by molar-refractivity contribution is 9.09. The first-order valence-corrected chi connectivity index (χ1v) is 5.51. The Hall–Kier alpha value is -0.0500. The van der Waals surface area contributed by atoms with Crippen LogP contribution in [0.15, 0.2) is 0 Å². The van der Waals surface area contributed by atoms with Crippen molar-refractivity contribution in [3.63, 3.8) is 0 Å². The van der Waals surface area contributed by atoms with Crippen molar-refractivity contribution in [2.24, 2.45) is 0 Å². The van der Waals surface area contributed by atoms with Gasteiger partial charge in [0.15, 0.2) is 0 Å². The van der Waals surface area contributed by atoms with Crippen LogP contribution in [0.2, 0.25) is 0 Å². The fourth-order valence-electron chi connectivity index (χ4n) is 1.21. The molecular weight excluding hydrogens is 218 g/mol. The molecule has 0 rings (SSSR count). The number of carbonyl (C=O) groups is 1. The summed E-state index contributed by atoms with van der Waals surface area (Å²) in [6.07, 6.45) is 2.69. The molecule has 0 spiro atoms. The molecule has 0 aliphatic rings. The van der Waals surface area contributed by atoms with E-state index in [1.807, 2.05) is 0 Å². The van der Waals surface area contributed by atoms with Gasteiger partial charge in [0, 0.05) is 17.3 Å². The first-order chi connectivity index (χ1) is 5.52. The number of alkyl halides is 1. The van der Waals surface area contributed by atoms with Crippen LogP contribution >= 0.6 is 15.9 Å². The van der Waals surface area contributed by atoms with E-state index in [1.165, 1.54) is 0 Å². The highest BCUT2D eigenvalue weighted by Gasteiger charge is 2.18. The van der Waals surface area contributed by atoms with E-state index in [4.69, 9.17) is 0 Å². The number of halogens is 1. The van der Waals surface area contributed by atoms with E-state index < -0.39 is 0 Å². The van der Waals surface area contributed by atoms with Gasteiger partial charge in [0.1, 0.15) is 0 Å². The van der Waals surface area contributed by atoms with Crippen LogP contribution in [0.3, 0.4) is 0 Å². The Balaban J connectivity index is 3.79. The minimum Gasteiger partial charge on any atom is -0.351 e. The van der Waals surface area contributed by atoms with Crippen molar-refractivity contribution in [3.05, 3.63) is 0 Å². The van der Waals surface area contributed by atoms with Crippen molar-refractivity contribution < 1.29 is 4.79 Å². The Morgan fingerprint density at radius 1 is 1.50 bits per heavy atom. The number of nitrogens with one attached hydrogen (secondary N) is 1. The molecule has 2 nitrogen and oxygen atoms in total. The molecule has 0 aliphatic heterocycles. The molecule has 0 aromatic heterocycles. The monoisotopic (exact) mass is 235 g/mol. The quantitative estimate of drug-likeness (QED) is 0.730. The van der Waals surface area contributed by atoms with E-state index in [9.17, 15) is 4.79 Å². The molecule has 1 amide bonds. The lowest BCUT2D eigenvalue weighted by Crippen LogP contribution is -2.43. The Labute approximate surface area is 83.2 Å². The standard InChI is InChI=1S/C9H18BrNO/c1-4-6-9(2,3)11-8(12)5-7-10/h4-7H2,1-3H3,(H,11,12). The Morgan fingerprint density at radius 2 is 2.08 bits per heavy atom. The smallest absolute Gasteiger partial charge is 0.221 e. The van der Waals surface area contributed by atoms with Gasteiger partial charge in [0.05, 0.1) is 0 Å². The van der Waals surface area contributed by atoms with Crippen LogP contribution in [-0.2, 0) is 4.79 Å². The number of hydrogen-bond donors (Lipinski definition) is 1. The van der Waals surface area contributed by atoms with Crippen LogP contribution in [0.25, 0.3) is 0 Å². The summed E-state index contributed by atoms with van der Waals surface area (Å²) < 4.78 is 0. The lowest BCUT2D eigenvalue weighted by Gasteiger charge is -2.25. The van der Waals surface area contributed by atoms with Crippen molar-refractivity contribution in [1.82, 2.24) is 5.32 Å². The molecular formula is C9H18BrNO. The minimum absolute atomic E-state index is 0.0476. The zero-order valence-electron chi connectivity index (χ0n) is 8.11. The zero-order valence-corrected chi connectivity index (χ0v) is 9.70. The fraction of sp³-hybridized carbons (Fsp3) is 0.889. The molecule has 72 valence electrons. The minimum atomic E-state index is -0.0476. The molecule has 0 aliphatic carbocycles. The maximum Gasteiger partial charge on any atom is 0.221 e. The summed E-state index contributed by atoms with van der Waals surface area (Å²) in [6, 6.07) is 0. The SMILES string of the molecule is CCCC(C)(C)NC(=O)CCBr. The first kappa shape index (κ1) is 11.9. The van der Waals surface area contributed by atoms with E-state index in [0.29, 0.717) is 6.42 Å². The van der Waals surface area contributed by atoms with Gasteiger partial charge in [-0.1, -0.05) is 29.3 Å². The molecule has 0 aromatic carbocycles. The van der Waals surface area contributed by atoms with Crippen LogP contribution < -0.4 is 5.32 Å².